The highest BCUT2D eigenvalue weighted by atomic mass is 16.1. The van der Waals surface area contributed by atoms with Crippen LogP contribution in [0.4, 0.5) is 0 Å². The molecular weight excluding hydrogens is 244 g/mol. The minimum Gasteiger partial charge on any atom is -0.289 e. The van der Waals surface area contributed by atoms with Crippen LogP contribution in [0.25, 0.3) is 0 Å². The van der Waals surface area contributed by atoms with E-state index in [0.29, 0.717) is 0 Å². The van der Waals surface area contributed by atoms with Gasteiger partial charge in [-0.1, -0.05) is 43.7 Å². The molecule has 0 saturated carbocycles. The Morgan fingerprint density at radius 1 is 0.900 bits per heavy atom. The first-order valence-corrected chi connectivity index (χ1v) is 7.30. The monoisotopic (exact) mass is 266 g/mol. The molecule has 2 aromatic rings. The van der Waals surface area contributed by atoms with Gasteiger partial charge in [0.2, 0.25) is 0 Å². The van der Waals surface area contributed by atoms with E-state index < -0.39 is 0 Å². The Kier molecular flexibility index (Phi) is 4.39. The summed E-state index contributed by atoms with van der Waals surface area (Å²) in [4.78, 5) is 12.9. The zero-order valence-corrected chi connectivity index (χ0v) is 12.8. The van der Waals surface area contributed by atoms with Crippen LogP contribution >= 0.6 is 0 Å². The van der Waals surface area contributed by atoms with E-state index in [1.807, 2.05) is 26.0 Å². The van der Waals surface area contributed by atoms with Gasteiger partial charge in [0.15, 0.2) is 5.78 Å². The number of hydrogen-bond donors (Lipinski definition) is 0. The number of benzene rings is 2. The van der Waals surface area contributed by atoms with E-state index in [1.165, 1.54) is 5.56 Å². The second kappa shape index (κ2) is 6.04. The van der Waals surface area contributed by atoms with Crippen LogP contribution in [-0.4, -0.2) is 5.78 Å². The maximum absolute atomic E-state index is 12.9. The number of carbonyl (C=O) groups is 1. The van der Waals surface area contributed by atoms with E-state index in [-0.39, 0.29) is 5.78 Å². The highest BCUT2D eigenvalue weighted by molar-refractivity contribution is 6.11. The largest absolute Gasteiger partial charge is 0.289 e. The normalized spacial score (nSPS) is 10.6. The highest BCUT2D eigenvalue weighted by Gasteiger charge is 2.15. The maximum atomic E-state index is 12.9. The predicted octanol–water partition coefficient (Wildman–Crippen LogP) is 4.66. The van der Waals surface area contributed by atoms with Gasteiger partial charge < -0.3 is 0 Å². The van der Waals surface area contributed by atoms with Crippen LogP contribution in [0.1, 0.15) is 52.0 Å². The molecule has 2 rings (SSSR count). The van der Waals surface area contributed by atoms with Crippen LogP contribution in [0.2, 0.25) is 0 Å². The zero-order chi connectivity index (χ0) is 14.7. The third kappa shape index (κ3) is 2.82. The third-order valence-electron chi connectivity index (χ3n) is 3.85. The molecule has 0 heterocycles. The molecule has 0 aliphatic carbocycles. The van der Waals surface area contributed by atoms with Crippen LogP contribution in [-0.2, 0) is 12.8 Å². The summed E-state index contributed by atoms with van der Waals surface area (Å²) in [6.07, 6.45) is 1.84. The van der Waals surface area contributed by atoms with Crippen LogP contribution in [0, 0.1) is 13.8 Å². The van der Waals surface area contributed by atoms with Crippen molar-refractivity contribution in [3.8, 4) is 0 Å². The van der Waals surface area contributed by atoms with Gasteiger partial charge in [-0.05, 0) is 55.5 Å². The number of aryl methyl sites for hydroxylation is 4. The number of hydrogen-bond acceptors (Lipinski definition) is 1. The molecule has 0 spiro atoms. The standard InChI is InChI=1S/C19H22O/c1-5-15-9-10-16(6-2)18(12-15)19(20)17-11-13(3)7-8-14(17)4/h7-12H,5-6H2,1-4H3. The van der Waals surface area contributed by atoms with E-state index >= 15 is 0 Å². The maximum Gasteiger partial charge on any atom is 0.193 e. The first-order chi connectivity index (χ1) is 9.56. The Hall–Kier alpha value is -1.89. The van der Waals surface area contributed by atoms with Gasteiger partial charge in [0.05, 0.1) is 0 Å². The Balaban J connectivity index is 2.54. The molecule has 0 atom stereocenters. The van der Waals surface area contributed by atoms with Crippen LogP contribution < -0.4 is 0 Å². The molecular formula is C19H22O. The lowest BCUT2D eigenvalue weighted by Gasteiger charge is -2.11. The Morgan fingerprint density at radius 2 is 1.65 bits per heavy atom. The molecule has 0 unspecified atom stereocenters. The average molecular weight is 266 g/mol. The van der Waals surface area contributed by atoms with Crippen molar-refractivity contribution in [2.24, 2.45) is 0 Å². The molecule has 0 aromatic heterocycles. The van der Waals surface area contributed by atoms with E-state index in [0.717, 1.165) is 40.7 Å². The molecule has 0 aliphatic heterocycles. The smallest absolute Gasteiger partial charge is 0.193 e. The second-order valence-electron chi connectivity index (χ2n) is 5.35. The quantitative estimate of drug-likeness (QED) is 0.736. The van der Waals surface area contributed by atoms with Gasteiger partial charge in [-0.15, -0.1) is 0 Å². The molecule has 0 radical (unpaired) electrons. The summed E-state index contributed by atoms with van der Waals surface area (Å²) in [7, 11) is 0. The summed E-state index contributed by atoms with van der Waals surface area (Å²) in [6, 6.07) is 12.3. The van der Waals surface area contributed by atoms with Crippen molar-refractivity contribution in [3.05, 3.63) is 69.8 Å². The molecule has 104 valence electrons. The van der Waals surface area contributed by atoms with Crippen molar-refractivity contribution in [1.82, 2.24) is 0 Å². The Bertz CT molecular complexity index is 638. The first-order valence-electron chi connectivity index (χ1n) is 7.30. The lowest BCUT2D eigenvalue weighted by atomic mass is 9.92. The average Bonchev–Trinajstić information content (AvgIpc) is 2.48. The molecule has 0 fully saturated rings. The molecule has 0 bridgehead atoms. The van der Waals surface area contributed by atoms with Gasteiger partial charge in [-0.3, -0.25) is 4.79 Å². The Labute approximate surface area is 121 Å². The predicted molar refractivity (Wildman–Crippen MR) is 84.5 cm³/mol. The summed E-state index contributed by atoms with van der Waals surface area (Å²) in [5.41, 5.74) is 6.21. The number of ketones is 1. The Morgan fingerprint density at radius 3 is 2.30 bits per heavy atom. The highest BCUT2D eigenvalue weighted by Crippen LogP contribution is 2.21. The van der Waals surface area contributed by atoms with Crippen molar-refractivity contribution in [1.29, 1.82) is 0 Å². The van der Waals surface area contributed by atoms with Crippen molar-refractivity contribution < 1.29 is 4.79 Å². The van der Waals surface area contributed by atoms with Gasteiger partial charge in [0, 0.05) is 11.1 Å². The molecule has 0 aliphatic rings. The van der Waals surface area contributed by atoms with Crippen LogP contribution in [0.3, 0.4) is 0 Å². The minimum atomic E-state index is 0.151. The summed E-state index contributed by atoms with van der Waals surface area (Å²) in [6.45, 7) is 8.25. The second-order valence-corrected chi connectivity index (χ2v) is 5.35. The van der Waals surface area contributed by atoms with Gasteiger partial charge in [-0.2, -0.15) is 0 Å². The lowest BCUT2D eigenvalue weighted by molar-refractivity contribution is 0.103. The molecule has 1 nitrogen and oxygen atoms in total. The fourth-order valence-corrected chi connectivity index (χ4v) is 2.49. The van der Waals surface area contributed by atoms with Gasteiger partial charge in [-0.25, -0.2) is 0 Å². The third-order valence-corrected chi connectivity index (χ3v) is 3.85. The molecule has 0 amide bonds. The van der Waals surface area contributed by atoms with E-state index in [1.54, 1.807) is 0 Å². The topological polar surface area (TPSA) is 17.1 Å². The van der Waals surface area contributed by atoms with Crippen molar-refractivity contribution >= 4 is 5.78 Å². The zero-order valence-electron chi connectivity index (χ0n) is 12.8. The van der Waals surface area contributed by atoms with Gasteiger partial charge in [0.1, 0.15) is 0 Å². The summed E-state index contributed by atoms with van der Waals surface area (Å²) in [5, 5.41) is 0. The van der Waals surface area contributed by atoms with Crippen LogP contribution in [0.15, 0.2) is 36.4 Å². The van der Waals surface area contributed by atoms with E-state index in [9.17, 15) is 4.79 Å². The minimum absolute atomic E-state index is 0.151. The molecule has 1 heteroatoms. The molecule has 2 aromatic carbocycles. The van der Waals surface area contributed by atoms with Gasteiger partial charge >= 0.3 is 0 Å². The fraction of sp³-hybridized carbons (Fsp3) is 0.316. The molecule has 0 saturated heterocycles. The lowest BCUT2D eigenvalue weighted by Crippen LogP contribution is -2.08. The van der Waals surface area contributed by atoms with E-state index in [2.05, 4.69) is 38.1 Å². The first kappa shape index (κ1) is 14.5. The molecule has 0 N–H and O–H groups in total. The number of carbonyl (C=O) groups excluding carboxylic acids is 1. The van der Waals surface area contributed by atoms with E-state index in [4.69, 9.17) is 0 Å². The van der Waals surface area contributed by atoms with Crippen molar-refractivity contribution in [2.75, 3.05) is 0 Å². The summed E-state index contributed by atoms with van der Waals surface area (Å²) in [5.74, 6) is 0.151. The summed E-state index contributed by atoms with van der Waals surface area (Å²) >= 11 is 0. The van der Waals surface area contributed by atoms with Crippen molar-refractivity contribution in [3.63, 3.8) is 0 Å². The summed E-state index contributed by atoms with van der Waals surface area (Å²) < 4.78 is 0. The number of rotatable bonds is 4. The van der Waals surface area contributed by atoms with Crippen molar-refractivity contribution in [2.45, 2.75) is 40.5 Å². The SMILES string of the molecule is CCc1ccc(CC)c(C(=O)c2cc(C)ccc2C)c1. The van der Waals surface area contributed by atoms with Crippen LogP contribution in [0.5, 0.6) is 0 Å². The molecule has 20 heavy (non-hydrogen) atoms. The fourth-order valence-electron chi connectivity index (χ4n) is 2.49. The van der Waals surface area contributed by atoms with Gasteiger partial charge in [0.25, 0.3) is 0 Å².